The van der Waals surface area contributed by atoms with Crippen molar-refractivity contribution in [1.29, 1.82) is 0 Å². The summed E-state index contributed by atoms with van der Waals surface area (Å²) in [6.07, 6.45) is 4.81. The molecule has 6 heteroatoms. The van der Waals surface area contributed by atoms with Crippen LogP contribution in [-0.4, -0.2) is 16.2 Å². The molecule has 0 saturated carbocycles. The van der Waals surface area contributed by atoms with Crippen molar-refractivity contribution in [2.75, 3.05) is 6.61 Å². The number of aryl methyl sites for hydroxylation is 1. The number of hydrogen-bond donors (Lipinski definition) is 0. The molecule has 0 spiro atoms. The van der Waals surface area contributed by atoms with Gasteiger partial charge < -0.3 is 4.74 Å². The molecule has 0 radical (unpaired) electrons. The molecule has 25 heavy (non-hydrogen) atoms. The second kappa shape index (κ2) is 6.81. The largest absolute Gasteiger partial charge is 0.490 e. The van der Waals surface area contributed by atoms with E-state index in [-0.39, 0.29) is 5.56 Å². The number of halogens is 1. The zero-order valence-corrected chi connectivity index (χ0v) is 15.6. The van der Waals surface area contributed by atoms with Crippen LogP contribution in [0.3, 0.4) is 0 Å². The van der Waals surface area contributed by atoms with Gasteiger partial charge in [0, 0.05) is 4.88 Å². The summed E-state index contributed by atoms with van der Waals surface area (Å²) in [6, 6.07) is 7.34. The molecule has 3 aromatic rings. The Kier molecular flexibility index (Phi) is 4.52. The normalized spacial score (nSPS) is 16.8. The van der Waals surface area contributed by atoms with Gasteiger partial charge >= 0.3 is 0 Å². The molecule has 130 valence electrons. The predicted molar refractivity (Wildman–Crippen MR) is 102 cm³/mol. The van der Waals surface area contributed by atoms with Crippen molar-refractivity contribution in [3.8, 4) is 5.75 Å². The summed E-state index contributed by atoms with van der Waals surface area (Å²) < 4.78 is 7.34. The molecule has 0 unspecified atom stereocenters. The van der Waals surface area contributed by atoms with Crippen LogP contribution in [0.15, 0.2) is 35.4 Å². The molecule has 1 aromatic carbocycles. The second-order valence-corrected chi connectivity index (χ2v) is 8.04. The van der Waals surface area contributed by atoms with Crippen molar-refractivity contribution in [2.24, 2.45) is 5.92 Å². The van der Waals surface area contributed by atoms with Gasteiger partial charge in [0.1, 0.15) is 17.2 Å². The molecule has 0 aliphatic heterocycles. The van der Waals surface area contributed by atoms with Gasteiger partial charge in [-0.1, -0.05) is 30.7 Å². The van der Waals surface area contributed by atoms with E-state index in [1.807, 2.05) is 18.2 Å². The molecule has 1 aliphatic rings. The lowest BCUT2D eigenvalue weighted by atomic mass is 9.89. The van der Waals surface area contributed by atoms with E-state index in [4.69, 9.17) is 16.3 Å². The SMILES string of the molecule is C[C@H]1CCc2c(sc3ncn(CCOc4ccccc4Cl)c(=O)c23)C1. The standard InChI is InChI=1S/C19H19ClN2O2S/c1-12-6-7-13-16(10-12)25-18-17(13)19(23)22(11-21-18)8-9-24-15-5-3-2-4-14(15)20/h2-5,11-12H,6-10H2,1H3/t12-/m0/s1. The Morgan fingerprint density at radius 3 is 3.08 bits per heavy atom. The van der Waals surface area contributed by atoms with Crippen LogP contribution >= 0.6 is 22.9 Å². The molecule has 0 bridgehead atoms. The number of para-hydroxylation sites is 1. The minimum atomic E-state index is 0.0415. The van der Waals surface area contributed by atoms with Gasteiger partial charge in [0.2, 0.25) is 0 Å². The van der Waals surface area contributed by atoms with Crippen LogP contribution < -0.4 is 10.3 Å². The molecule has 0 amide bonds. The van der Waals surface area contributed by atoms with Crippen LogP contribution in [0, 0.1) is 5.92 Å². The van der Waals surface area contributed by atoms with Crippen molar-refractivity contribution < 1.29 is 4.74 Å². The third kappa shape index (κ3) is 3.18. The zero-order chi connectivity index (χ0) is 17.4. The first kappa shape index (κ1) is 16.6. The Bertz CT molecular complexity index is 979. The number of ether oxygens (including phenoxy) is 1. The van der Waals surface area contributed by atoms with E-state index in [2.05, 4.69) is 11.9 Å². The summed E-state index contributed by atoms with van der Waals surface area (Å²) in [5.74, 6) is 1.32. The van der Waals surface area contributed by atoms with E-state index in [1.165, 1.54) is 10.4 Å². The monoisotopic (exact) mass is 374 g/mol. The first-order valence-corrected chi connectivity index (χ1v) is 9.70. The molecule has 0 saturated heterocycles. The molecule has 0 fully saturated rings. The minimum Gasteiger partial charge on any atom is -0.490 e. The summed E-state index contributed by atoms with van der Waals surface area (Å²) >= 11 is 7.76. The van der Waals surface area contributed by atoms with Crippen LogP contribution in [0.25, 0.3) is 10.2 Å². The molecule has 2 aromatic heterocycles. The molecular formula is C19H19ClN2O2S. The van der Waals surface area contributed by atoms with Gasteiger partial charge in [-0.2, -0.15) is 0 Å². The van der Waals surface area contributed by atoms with Crippen molar-refractivity contribution in [3.05, 3.63) is 56.4 Å². The minimum absolute atomic E-state index is 0.0415. The van der Waals surface area contributed by atoms with Gasteiger partial charge in [-0.15, -0.1) is 11.3 Å². The summed E-state index contributed by atoms with van der Waals surface area (Å²) in [5, 5.41) is 1.39. The first-order valence-electron chi connectivity index (χ1n) is 8.50. The maximum absolute atomic E-state index is 12.9. The van der Waals surface area contributed by atoms with Crippen molar-refractivity contribution in [1.82, 2.24) is 9.55 Å². The Labute approximate surface area is 155 Å². The fraction of sp³-hybridized carbons (Fsp3) is 0.368. The van der Waals surface area contributed by atoms with Crippen LogP contribution in [0.1, 0.15) is 23.8 Å². The number of aromatic nitrogens is 2. The number of hydrogen-bond acceptors (Lipinski definition) is 4. The number of fused-ring (bicyclic) bond motifs is 3. The molecule has 0 N–H and O–H groups in total. The summed E-state index contributed by atoms with van der Waals surface area (Å²) in [7, 11) is 0. The van der Waals surface area contributed by atoms with E-state index in [0.717, 1.165) is 29.5 Å². The lowest BCUT2D eigenvalue weighted by Gasteiger charge is -2.17. The third-order valence-electron chi connectivity index (χ3n) is 4.71. The molecule has 2 heterocycles. The van der Waals surface area contributed by atoms with E-state index in [0.29, 0.717) is 29.8 Å². The maximum Gasteiger partial charge on any atom is 0.262 e. The lowest BCUT2D eigenvalue weighted by Crippen LogP contribution is -2.24. The Balaban J connectivity index is 1.57. The highest BCUT2D eigenvalue weighted by molar-refractivity contribution is 7.18. The number of rotatable bonds is 4. The summed E-state index contributed by atoms with van der Waals surface area (Å²) in [4.78, 5) is 19.6. The van der Waals surface area contributed by atoms with Gasteiger partial charge in [-0.25, -0.2) is 4.98 Å². The van der Waals surface area contributed by atoms with Crippen molar-refractivity contribution >= 4 is 33.2 Å². The van der Waals surface area contributed by atoms with E-state index >= 15 is 0 Å². The Morgan fingerprint density at radius 2 is 2.24 bits per heavy atom. The Morgan fingerprint density at radius 1 is 1.40 bits per heavy atom. The lowest BCUT2D eigenvalue weighted by molar-refractivity contribution is 0.296. The van der Waals surface area contributed by atoms with E-state index < -0.39 is 0 Å². The fourth-order valence-corrected chi connectivity index (χ4v) is 4.87. The molecule has 1 aliphatic carbocycles. The summed E-state index contributed by atoms with van der Waals surface area (Å²) in [5.41, 5.74) is 1.26. The second-order valence-electron chi connectivity index (χ2n) is 6.55. The Hall–Kier alpha value is -1.85. The van der Waals surface area contributed by atoms with Gasteiger partial charge in [0.25, 0.3) is 5.56 Å². The smallest absolute Gasteiger partial charge is 0.262 e. The number of thiophene rings is 1. The maximum atomic E-state index is 12.9. The first-order chi connectivity index (χ1) is 12.1. The highest BCUT2D eigenvalue weighted by Crippen LogP contribution is 2.35. The van der Waals surface area contributed by atoms with Gasteiger partial charge in [-0.05, 0) is 42.9 Å². The molecular weight excluding hydrogens is 356 g/mol. The quantitative estimate of drug-likeness (QED) is 0.683. The van der Waals surface area contributed by atoms with E-state index in [1.54, 1.807) is 28.3 Å². The van der Waals surface area contributed by atoms with Crippen molar-refractivity contribution in [3.63, 3.8) is 0 Å². The number of nitrogens with zero attached hydrogens (tertiary/aromatic N) is 2. The van der Waals surface area contributed by atoms with Crippen LogP contribution in [0.5, 0.6) is 5.75 Å². The fourth-order valence-electron chi connectivity index (χ4n) is 3.34. The third-order valence-corrected chi connectivity index (χ3v) is 6.18. The van der Waals surface area contributed by atoms with Crippen LogP contribution in [-0.2, 0) is 19.4 Å². The highest BCUT2D eigenvalue weighted by Gasteiger charge is 2.23. The average Bonchev–Trinajstić information content (AvgIpc) is 2.96. The zero-order valence-electron chi connectivity index (χ0n) is 14.0. The van der Waals surface area contributed by atoms with Gasteiger partial charge in [-0.3, -0.25) is 9.36 Å². The van der Waals surface area contributed by atoms with Gasteiger partial charge in [0.15, 0.2) is 0 Å². The molecule has 4 nitrogen and oxygen atoms in total. The van der Waals surface area contributed by atoms with Crippen molar-refractivity contribution in [2.45, 2.75) is 32.7 Å². The van der Waals surface area contributed by atoms with Gasteiger partial charge in [0.05, 0.1) is 23.3 Å². The predicted octanol–water partition coefficient (Wildman–Crippen LogP) is 4.32. The van der Waals surface area contributed by atoms with Crippen LogP contribution in [0.2, 0.25) is 5.02 Å². The molecule has 4 rings (SSSR count). The number of benzene rings is 1. The van der Waals surface area contributed by atoms with E-state index in [9.17, 15) is 4.79 Å². The summed E-state index contributed by atoms with van der Waals surface area (Å²) in [6.45, 7) is 3.10. The van der Waals surface area contributed by atoms with Crippen LogP contribution in [0.4, 0.5) is 0 Å². The molecule has 1 atom stereocenters. The highest BCUT2D eigenvalue weighted by atomic mass is 35.5. The average molecular weight is 375 g/mol. The topological polar surface area (TPSA) is 44.1 Å².